The number of rotatable bonds is 2. The average molecular weight is 227 g/mol. The Morgan fingerprint density at radius 1 is 1.67 bits per heavy atom. The summed E-state index contributed by atoms with van der Waals surface area (Å²) < 4.78 is 5.35. The highest BCUT2D eigenvalue weighted by Crippen LogP contribution is 2.30. The van der Waals surface area contributed by atoms with Crippen molar-refractivity contribution in [3.8, 4) is 0 Å². The van der Waals surface area contributed by atoms with Gasteiger partial charge in [0, 0.05) is 12.5 Å². The Bertz CT molecular complexity index is 369. The molecule has 1 N–H and O–H groups in total. The van der Waals surface area contributed by atoms with Gasteiger partial charge in [0.15, 0.2) is 0 Å². The normalized spacial score (nSPS) is 21.5. The summed E-state index contributed by atoms with van der Waals surface area (Å²) >= 11 is 1.25. The lowest BCUT2D eigenvalue weighted by molar-refractivity contribution is 0.0684. The molecule has 82 valence electrons. The number of nitrogens with zero attached hydrogens (tertiary/aromatic N) is 1. The van der Waals surface area contributed by atoms with Gasteiger partial charge in [0.25, 0.3) is 0 Å². The highest BCUT2D eigenvalue weighted by Gasteiger charge is 2.25. The Morgan fingerprint density at radius 2 is 2.47 bits per heavy atom. The van der Waals surface area contributed by atoms with Gasteiger partial charge in [-0.15, -0.1) is 11.3 Å². The Balaban J connectivity index is 2.28. The first-order valence-corrected chi connectivity index (χ1v) is 5.78. The number of carbonyl (C=O) groups is 1. The number of hydrogen-bond acceptors (Lipinski definition) is 4. The van der Waals surface area contributed by atoms with Crippen LogP contribution in [0.15, 0.2) is 0 Å². The Kier molecular flexibility index (Phi) is 3.02. The van der Waals surface area contributed by atoms with E-state index in [4.69, 9.17) is 9.84 Å². The van der Waals surface area contributed by atoms with E-state index in [1.807, 2.05) is 6.92 Å². The predicted octanol–water partition coefficient (Wildman–Crippen LogP) is 2.04. The quantitative estimate of drug-likeness (QED) is 0.840. The molecule has 1 aromatic rings. The second-order valence-electron chi connectivity index (χ2n) is 3.67. The fourth-order valence-electron chi connectivity index (χ4n) is 1.83. The van der Waals surface area contributed by atoms with E-state index in [9.17, 15) is 4.79 Å². The number of thiazole rings is 1. The topological polar surface area (TPSA) is 59.4 Å². The van der Waals surface area contributed by atoms with Crippen LogP contribution in [0.2, 0.25) is 0 Å². The van der Waals surface area contributed by atoms with E-state index in [0.717, 1.165) is 24.5 Å². The van der Waals surface area contributed by atoms with Gasteiger partial charge in [-0.05, 0) is 19.8 Å². The SMILES string of the molecule is Cc1nc(C2CCCOC2)c(C(=O)O)s1. The monoisotopic (exact) mass is 227 g/mol. The van der Waals surface area contributed by atoms with Crippen LogP contribution in [-0.2, 0) is 4.74 Å². The predicted molar refractivity (Wildman–Crippen MR) is 56.6 cm³/mol. The van der Waals surface area contributed by atoms with Crippen molar-refractivity contribution in [3.05, 3.63) is 15.6 Å². The van der Waals surface area contributed by atoms with Gasteiger partial charge in [0.2, 0.25) is 0 Å². The smallest absolute Gasteiger partial charge is 0.347 e. The fraction of sp³-hybridized carbons (Fsp3) is 0.600. The zero-order valence-corrected chi connectivity index (χ0v) is 9.34. The highest BCUT2D eigenvalue weighted by atomic mass is 32.1. The summed E-state index contributed by atoms with van der Waals surface area (Å²) in [4.78, 5) is 15.7. The maximum absolute atomic E-state index is 11.0. The molecule has 1 atom stereocenters. The van der Waals surface area contributed by atoms with Crippen LogP contribution in [-0.4, -0.2) is 29.3 Å². The number of aromatic carboxylic acids is 1. The number of aryl methyl sites for hydroxylation is 1. The second-order valence-corrected chi connectivity index (χ2v) is 4.87. The largest absolute Gasteiger partial charge is 0.477 e. The molecule has 0 bridgehead atoms. The minimum absolute atomic E-state index is 0.162. The number of aromatic nitrogens is 1. The number of hydrogen-bond donors (Lipinski definition) is 1. The molecule has 0 spiro atoms. The molecule has 2 heterocycles. The maximum Gasteiger partial charge on any atom is 0.347 e. The Hall–Kier alpha value is -0.940. The van der Waals surface area contributed by atoms with Gasteiger partial charge in [0.05, 0.1) is 17.3 Å². The van der Waals surface area contributed by atoms with Gasteiger partial charge in [0.1, 0.15) is 4.88 Å². The lowest BCUT2D eigenvalue weighted by Gasteiger charge is -2.20. The van der Waals surface area contributed by atoms with Crippen LogP contribution in [0.1, 0.15) is 39.1 Å². The van der Waals surface area contributed by atoms with Gasteiger partial charge in [-0.2, -0.15) is 0 Å². The van der Waals surface area contributed by atoms with Gasteiger partial charge < -0.3 is 9.84 Å². The third-order valence-corrected chi connectivity index (χ3v) is 3.48. The van der Waals surface area contributed by atoms with Crippen molar-refractivity contribution >= 4 is 17.3 Å². The van der Waals surface area contributed by atoms with Gasteiger partial charge in [-0.25, -0.2) is 9.78 Å². The molecular formula is C10H13NO3S. The first-order valence-electron chi connectivity index (χ1n) is 4.97. The van der Waals surface area contributed by atoms with E-state index in [1.54, 1.807) is 0 Å². The first kappa shape index (κ1) is 10.6. The fourth-order valence-corrected chi connectivity index (χ4v) is 2.67. The van der Waals surface area contributed by atoms with E-state index < -0.39 is 5.97 Å². The summed E-state index contributed by atoms with van der Waals surface area (Å²) in [6, 6.07) is 0. The van der Waals surface area contributed by atoms with Crippen LogP contribution in [0, 0.1) is 6.92 Å². The zero-order chi connectivity index (χ0) is 10.8. The van der Waals surface area contributed by atoms with E-state index in [2.05, 4.69) is 4.98 Å². The molecule has 0 radical (unpaired) electrons. The standard InChI is InChI=1S/C10H13NO3S/c1-6-11-8(9(15-6)10(12)13)7-3-2-4-14-5-7/h7H,2-5H2,1H3,(H,12,13). The lowest BCUT2D eigenvalue weighted by Crippen LogP contribution is -2.17. The van der Waals surface area contributed by atoms with Crippen molar-refractivity contribution in [2.24, 2.45) is 0 Å². The average Bonchev–Trinajstić information content (AvgIpc) is 2.62. The molecule has 0 aromatic carbocycles. The van der Waals surface area contributed by atoms with Gasteiger partial charge in [-0.1, -0.05) is 0 Å². The molecule has 1 fully saturated rings. The van der Waals surface area contributed by atoms with Crippen LogP contribution < -0.4 is 0 Å². The minimum Gasteiger partial charge on any atom is -0.477 e. The molecule has 5 heteroatoms. The maximum atomic E-state index is 11.0. The van der Waals surface area contributed by atoms with E-state index in [1.165, 1.54) is 11.3 Å². The van der Waals surface area contributed by atoms with E-state index in [-0.39, 0.29) is 5.92 Å². The second kappa shape index (κ2) is 4.28. The molecule has 0 saturated carbocycles. The molecule has 1 aliphatic heterocycles. The molecule has 4 nitrogen and oxygen atoms in total. The van der Waals surface area contributed by atoms with E-state index in [0.29, 0.717) is 17.2 Å². The third kappa shape index (κ3) is 2.18. The van der Waals surface area contributed by atoms with Crippen molar-refractivity contribution in [1.29, 1.82) is 0 Å². The van der Waals surface area contributed by atoms with Crippen LogP contribution in [0.3, 0.4) is 0 Å². The summed E-state index contributed by atoms with van der Waals surface area (Å²) in [6.45, 7) is 3.22. The van der Waals surface area contributed by atoms with Gasteiger partial charge in [-0.3, -0.25) is 0 Å². The molecule has 0 amide bonds. The molecule has 15 heavy (non-hydrogen) atoms. The number of ether oxygens (including phenoxy) is 1. The van der Waals surface area contributed by atoms with Crippen LogP contribution in [0.4, 0.5) is 0 Å². The molecule has 2 rings (SSSR count). The summed E-state index contributed by atoms with van der Waals surface area (Å²) in [5.74, 6) is -0.712. The van der Waals surface area contributed by atoms with E-state index >= 15 is 0 Å². The first-order chi connectivity index (χ1) is 7.18. The van der Waals surface area contributed by atoms with Crippen molar-refractivity contribution < 1.29 is 14.6 Å². The molecular weight excluding hydrogens is 214 g/mol. The Morgan fingerprint density at radius 3 is 3.07 bits per heavy atom. The molecule has 1 saturated heterocycles. The minimum atomic E-state index is -0.874. The molecule has 1 aliphatic rings. The molecule has 1 unspecified atom stereocenters. The summed E-state index contributed by atoms with van der Waals surface area (Å²) in [6.07, 6.45) is 1.96. The van der Waals surface area contributed by atoms with Crippen LogP contribution in [0.5, 0.6) is 0 Å². The summed E-state index contributed by atoms with van der Waals surface area (Å²) in [5.41, 5.74) is 0.713. The summed E-state index contributed by atoms with van der Waals surface area (Å²) in [5, 5.41) is 9.85. The highest BCUT2D eigenvalue weighted by molar-refractivity contribution is 7.13. The summed E-state index contributed by atoms with van der Waals surface area (Å²) in [7, 11) is 0. The third-order valence-electron chi connectivity index (χ3n) is 2.50. The van der Waals surface area contributed by atoms with Crippen molar-refractivity contribution in [2.45, 2.75) is 25.7 Å². The lowest BCUT2D eigenvalue weighted by atomic mass is 9.98. The number of carboxylic acid groups (broad SMARTS) is 1. The molecule has 1 aromatic heterocycles. The number of carboxylic acids is 1. The van der Waals surface area contributed by atoms with Crippen molar-refractivity contribution in [2.75, 3.05) is 13.2 Å². The van der Waals surface area contributed by atoms with Crippen LogP contribution >= 0.6 is 11.3 Å². The van der Waals surface area contributed by atoms with Crippen LogP contribution in [0.25, 0.3) is 0 Å². The van der Waals surface area contributed by atoms with Gasteiger partial charge >= 0.3 is 5.97 Å². The Labute approximate surface area is 91.9 Å². The molecule has 0 aliphatic carbocycles. The van der Waals surface area contributed by atoms with Crippen molar-refractivity contribution in [1.82, 2.24) is 4.98 Å². The zero-order valence-electron chi connectivity index (χ0n) is 8.52. The van der Waals surface area contributed by atoms with Crippen molar-refractivity contribution in [3.63, 3.8) is 0 Å².